The first kappa shape index (κ1) is 23.1. The van der Waals surface area contributed by atoms with Crippen molar-refractivity contribution in [1.29, 1.82) is 0 Å². The van der Waals surface area contributed by atoms with Crippen molar-refractivity contribution in [2.45, 2.75) is 51.0 Å². The maximum absolute atomic E-state index is 13.0. The van der Waals surface area contributed by atoms with Gasteiger partial charge in [0.25, 0.3) is 0 Å². The van der Waals surface area contributed by atoms with Crippen LogP contribution < -0.4 is 5.32 Å². The van der Waals surface area contributed by atoms with Gasteiger partial charge in [0.15, 0.2) is 5.78 Å². The number of hydrogen-bond acceptors (Lipinski definition) is 5. The predicted molar refractivity (Wildman–Crippen MR) is 128 cm³/mol. The molecule has 2 aliphatic heterocycles. The number of nitrogens with one attached hydrogen (secondary N) is 1. The van der Waals surface area contributed by atoms with Gasteiger partial charge in [0, 0.05) is 43.6 Å². The Kier molecular flexibility index (Phi) is 7.68. The Morgan fingerprint density at radius 2 is 1.72 bits per heavy atom. The van der Waals surface area contributed by atoms with E-state index in [-0.39, 0.29) is 42.0 Å². The maximum Gasteiger partial charge on any atom is 0.242 e. The van der Waals surface area contributed by atoms with Crippen molar-refractivity contribution in [3.8, 4) is 0 Å². The normalized spacial score (nSPS) is 25.5. The van der Waals surface area contributed by atoms with Crippen LogP contribution in [0.5, 0.6) is 0 Å². The standard InChI is InChI=1S/C25H33N3O3S/c29-23(27-13-6-7-14-27)17-28-15-5-4-10-21(25(28)31)26-12-11-22(32)19-16-20(19)24(30)18-8-2-1-3-9-18/h1-3,8-9,19-21,26H,4-7,10-17H2. The van der Waals surface area contributed by atoms with Crippen LogP contribution in [0, 0.1) is 11.8 Å². The number of benzene rings is 1. The molecule has 172 valence electrons. The molecule has 2 heterocycles. The van der Waals surface area contributed by atoms with Crippen molar-refractivity contribution < 1.29 is 14.4 Å². The summed E-state index contributed by atoms with van der Waals surface area (Å²) in [5.41, 5.74) is 0.758. The van der Waals surface area contributed by atoms with Crippen LogP contribution in [0.15, 0.2) is 30.3 Å². The number of carbonyl (C=O) groups excluding carboxylic acids is 3. The van der Waals surface area contributed by atoms with E-state index in [0.717, 1.165) is 62.0 Å². The molecule has 1 aromatic carbocycles. The maximum atomic E-state index is 13.0. The molecule has 0 radical (unpaired) electrons. The lowest BCUT2D eigenvalue weighted by molar-refractivity contribution is -0.140. The highest BCUT2D eigenvalue weighted by molar-refractivity contribution is 7.80. The molecule has 3 aliphatic rings. The largest absolute Gasteiger partial charge is 0.341 e. The zero-order chi connectivity index (χ0) is 22.5. The molecule has 3 fully saturated rings. The quantitative estimate of drug-likeness (QED) is 0.458. The molecule has 1 aliphatic carbocycles. The number of rotatable bonds is 9. The van der Waals surface area contributed by atoms with E-state index in [1.165, 1.54) is 0 Å². The molecule has 3 unspecified atom stereocenters. The average Bonchev–Trinajstić information content (AvgIpc) is 3.46. The van der Waals surface area contributed by atoms with Crippen molar-refractivity contribution in [3.63, 3.8) is 0 Å². The van der Waals surface area contributed by atoms with Gasteiger partial charge in [0.2, 0.25) is 11.8 Å². The first-order valence-corrected chi connectivity index (χ1v) is 12.4. The molecular formula is C25H33N3O3S. The van der Waals surface area contributed by atoms with Gasteiger partial charge in [-0.1, -0.05) is 42.5 Å². The van der Waals surface area contributed by atoms with E-state index >= 15 is 0 Å². The van der Waals surface area contributed by atoms with Gasteiger partial charge in [0.05, 0.1) is 12.6 Å². The van der Waals surface area contributed by atoms with Gasteiger partial charge in [-0.3, -0.25) is 14.4 Å². The number of hydrogen-bond donors (Lipinski definition) is 1. The van der Waals surface area contributed by atoms with Gasteiger partial charge in [-0.25, -0.2) is 0 Å². The molecule has 1 N–H and O–H groups in total. The van der Waals surface area contributed by atoms with Crippen molar-refractivity contribution in [2.75, 3.05) is 32.7 Å². The Morgan fingerprint density at radius 1 is 1.00 bits per heavy atom. The summed E-state index contributed by atoms with van der Waals surface area (Å²) < 4.78 is 0. The van der Waals surface area contributed by atoms with E-state index in [0.29, 0.717) is 19.5 Å². The predicted octanol–water partition coefficient (Wildman–Crippen LogP) is 2.86. The molecule has 0 bridgehead atoms. The summed E-state index contributed by atoms with van der Waals surface area (Å²) >= 11 is 5.61. The Balaban J connectivity index is 1.22. The molecule has 0 spiro atoms. The summed E-state index contributed by atoms with van der Waals surface area (Å²) in [5, 5.41) is 3.38. The lowest BCUT2D eigenvalue weighted by atomic mass is 10.0. The minimum atomic E-state index is -0.257. The van der Waals surface area contributed by atoms with E-state index in [9.17, 15) is 14.4 Å². The molecule has 3 atom stereocenters. The number of nitrogens with zero attached hydrogens (tertiary/aromatic N) is 2. The minimum Gasteiger partial charge on any atom is -0.341 e. The third-order valence-corrected chi connectivity index (χ3v) is 7.43. The van der Waals surface area contributed by atoms with Gasteiger partial charge in [-0.2, -0.15) is 0 Å². The van der Waals surface area contributed by atoms with Crippen LogP contribution in [-0.4, -0.2) is 71.0 Å². The fourth-order valence-corrected chi connectivity index (χ4v) is 5.26. The molecule has 6 nitrogen and oxygen atoms in total. The van der Waals surface area contributed by atoms with Crippen molar-refractivity contribution in [1.82, 2.24) is 15.1 Å². The Hall–Kier alpha value is -2.12. The summed E-state index contributed by atoms with van der Waals surface area (Å²) in [4.78, 5) is 42.7. The minimum absolute atomic E-state index is 0.0107. The lowest BCUT2D eigenvalue weighted by Gasteiger charge is -2.26. The Labute approximate surface area is 195 Å². The molecule has 32 heavy (non-hydrogen) atoms. The summed E-state index contributed by atoms with van der Waals surface area (Å²) in [6, 6.07) is 9.15. The Morgan fingerprint density at radius 3 is 2.47 bits per heavy atom. The number of Topliss-reactive ketones (excluding diaryl/α,β-unsaturated/α-hetero) is 1. The second kappa shape index (κ2) is 10.7. The van der Waals surface area contributed by atoms with E-state index in [4.69, 9.17) is 12.2 Å². The fraction of sp³-hybridized carbons (Fsp3) is 0.600. The third-order valence-electron chi connectivity index (χ3n) is 6.93. The van der Waals surface area contributed by atoms with Crippen LogP contribution in [0.4, 0.5) is 0 Å². The highest BCUT2D eigenvalue weighted by Crippen LogP contribution is 2.42. The smallest absolute Gasteiger partial charge is 0.242 e. The topological polar surface area (TPSA) is 69.7 Å². The molecule has 7 heteroatoms. The van der Waals surface area contributed by atoms with Gasteiger partial charge < -0.3 is 15.1 Å². The van der Waals surface area contributed by atoms with Gasteiger partial charge in [0.1, 0.15) is 0 Å². The van der Waals surface area contributed by atoms with Crippen LogP contribution in [0.2, 0.25) is 0 Å². The highest BCUT2D eigenvalue weighted by Gasteiger charge is 2.45. The molecule has 0 aromatic heterocycles. The summed E-state index contributed by atoms with van der Waals surface area (Å²) in [7, 11) is 0. The second-order valence-corrected chi connectivity index (χ2v) is 9.77. The van der Waals surface area contributed by atoms with E-state index in [2.05, 4.69) is 5.32 Å². The second-order valence-electron chi connectivity index (χ2n) is 9.25. The van der Waals surface area contributed by atoms with Crippen molar-refractivity contribution in [2.24, 2.45) is 11.8 Å². The molecule has 2 saturated heterocycles. The SMILES string of the molecule is O=C(c1ccccc1)C1CC1C(=S)CCNC1CCCCN(CC(=O)N2CCCC2)C1=O. The third kappa shape index (κ3) is 5.62. The number of amides is 2. The van der Waals surface area contributed by atoms with Crippen LogP contribution in [0.25, 0.3) is 0 Å². The summed E-state index contributed by atoms with van der Waals surface area (Å²) in [6.07, 6.45) is 6.33. The van der Waals surface area contributed by atoms with E-state index < -0.39 is 0 Å². The first-order chi connectivity index (χ1) is 15.5. The number of ketones is 1. The monoisotopic (exact) mass is 455 g/mol. The van der Waals surface area contributed by atoms with Crippen molar-refractivity contribution in [3.05, 3.63) is 35.9 Å². The highest BCUT2D eigenvalue weighted by atomic mass is 32.1. The number of carbonyl (C=O) groups is 3. The van der Waals surface area contributed by atoms with E-state index in [1.807, 2.05) is 35.2 Å². The zero-order valence-electron chi connectivity index (χ0n) is 18.6. The lowest BCUT2D eigenvalue weighted by Crippen LogP contribution is -2.49. The van der Waals surface area contributed by atoms with Gasteiger partial charge in [-0.15, -0.1) is 0 Å². The van der Waals surface area contributed by atoms with Crippen LogP contribution >= 0.6 is 12.2 Å². The molecule has 1 aromatic rings. The average molecular weight is 456 g/mol. The van der Waals surface area contributed by atoms with Gasteiger partial charge >= 0.3 is 0 Å². The van der Waals surface area contributed by atoms with Gasteiger partial charge in [-0.05, 0) is 49.8 Å². The summed E-state index contributed by atoms with van der Waals surface area (Å²) in [5.74, 6) is 0.476. The fourth-order valence-electron chi connectivity index (χ4n) is 4.89. The number of thiocarbonyl (C=S) groups is 1. The number of likely N-dealkylation sites (tertiary alicyclic amines) is 2. The molecule has 4 rings (SSSR count). The van der Waals surface area contributed by atoms with Crippen LogP contribution in [0.1, 0.15) is 55.3 Å². The van der Waals surface area contributed by atoms with Crippen LogP contribution in [-0.2, 0) is 9.59 Å². The molecular weight excluding hydrogens is 422 g/mol. The Bertz CT molecular complexity index is 853. The molecule has 1 saturated carbocycles. The van der Waals surface area contributed by atoms with Crippen LogP contribution in [0.3, 0.4) is 0 Å². The molecule has 2 amide bonds. The summed E-state index contributed by atoms with van der Waals surface area (Å²) in [6.45, 7) is 3.11. The van der Waals surface area contributed by atoms with E-state index in [1.54, 1.807) is 4.90 Å². The van der Waals surface area contributed by atoms with Crippen molar-refractivity contribution >= 4 is 34.7 Å². The zero-order valence-corrected chi connectivity index (χ0v) is 19.4. The first-order valence-electron chi connectivity index (χ1n) is 12.0.